The quantitative estimate of drug-likeness (QED) is 0.217. The molecule has 0 rings (SSSR count). The maximum Gasteiger partial charge on any atom is 0.251 e. The molecule has 0 aromatic rings. The molecule has 0 saturated carbocycles. The zero-order valence-electron chi connectivity index (χ0n) is 7.03. The van der Waals surface area contributed by atoms with E-state index in [1.54, 1.807) is 13.2 Å². The second-order valence-electron chi connectivity index (χ2n) is 1.83. The van der Waals surface area contributed by atoms with Gasteiger partial charge in [-0.15, -0.1) is 17.7 Å². The van der Waals surface area contributed by atoms with Crippen LogP contribution in [0.4, 0.5) is 0 Å². The highest BCUT2D eigenvalue weighted by atomic mass is 32.2. The minimum atomic E-state index is -0.394. The highest BCUT2D eigenvalue weighted by Gasteiger charge is 2.03. The van der Waals surface area contributed by atoms with Crippen molar-refractivity contribution in [3.8, 4) is 11.8 Å². The molecule has 0 aliphatic carbocycles. The minimum absolute atomic E-state index is 0.202. The van der Waals surface area contributed by atoms with E-state index in [1.165, 1.54) is 11.8 Å². The Labute approximate surface area is 75.6 Å². The zero-order valence-corrected chi connectivity index (χ0v) is 7.85. The number of rotatable bonds is 3. The molecule has 0 spiro atoms. The van der Waals surface area contributed by atoms with Gasteiger partial charge in [-0.2, -0.15) is 0 Å². The largest absolute Gasteiger partial charge is 0.264 e. The lowest BCUT2D eigenvalue weighted by molar-refractivity contribution is -0.462. The monoisotopic (exact) mass is 186 g/mol. The van der Waals surface area contributed by atoms with E-state index < -0.39 is 4.92 Å². The van der Waals surface area contributed by atoms with E-state index in [9.17, 15) is 10.1 Å². The van der Waals surface area contributed by atoms with E-state index in [0.717, 1.165) is 0 Å². The highest BCUT2D eigenvalue weighted by molar-refractivity contribution is 8.13. The molecule has 0 aliphatic heterocycles. The fourth-order valence-corrected chi connectivity index (χ4v) is 0.924. The Hall–Kier alpha value is -1.02. The molecule has 12 heavy (non-hydrogen) atoms. The lowest BCUT2D eigenvalue weighted by atomic mass is 10.6. The van der Waals surface area contributed by atoms with Gasteiger partial charge in [0.2, 0.25) is 0 Å². The van der Waals surface area contributed by atoms with Gasteiger partial charge in [0, 0.05) is 4.92 Å². The normalized spacial score (nSPS) is 10.3. The summed E-state index contributed by atoms with van der Waals surface area (Å²) in [6.07, 6.45) is 1.77. The lowest BCUT2D eigenvalue weighted by Gasteiger charge is -1.94. The van der Waals surface area contributed by atoms with Crippen molar-refractivity contribution < 1.29 is 4.92 Å². The second kappa shape index (κ2) is 6.68. The Morgan fingerprint density at radius 3 is 2.83 bits per heavy atom. The summed E-state index contributed by atoms with van der Waals surface area (Å²) in [7, 11) is 0. The van der Waals surface area contributed by atoms with Crippen molar-refractivity contribution in [2.75, 3.05) is 19.3 Å². The number of nitrogens with zero attached hydrogens (tertiary/aromatic N) is 2. The maximum absolute atomic E-state index is 10.1. The molecule has 0 radical (unpaired) electrons. The van der Waals surface area contributed by atoms with Gasteiger partial charge in [0.25, 0.3) is 6.54 Å². The van der Waals surface area contributed by atoms with Crippen molar-refractivity contribution in [2.45, 2.75) is 6.92 Å². The standard InChI is InChI=1S/C7H10N2O2S/c1-3-4-5-8-7(12-2)6-9(10)11/h5-6H2,1-2H3. The van der Waals surface area contributed by atoms with Gasteiger partial charge in [0.1, 0.15) is 11.6 Å². The van der Waals surface area contributed by atoms with Crippen LogP contribution in [-0.4, -0.2) is 29.3 Å². The van der Waals surface area contributed by atoms with Crippen LogP contribution >= 0.6 is 11.8 Å². The van der Waals surface area contributed by atoms with Gasteiger partial charge < -0.3 is 0 Å². The summed E-state index contributed by atoms with van der Waals surface area (Å²) >= 11 is 1.29. The summed E-state index contributed by atoms with van der Waals surface area (Å²) < 4.78 is 0. The van der Waals surface area contributed by atoms with Gasteiger partial charge in [-0.05, 0) is 13.2 Å². The average molecular weight is 186 g/mol. The van der Waals surface area contributed by atoms with Gasteiger partial charge >= 0.3 is 0 Å². The van der Waals surface area contributed by atoms with Crippen LogP contribution in [0.15, 0.2) is 4.99 Å². The van der Waals surface area contributed by atoms with Crippen LogP contribution in [0.3, 0.4) is 0 Å². The minimum Gasteiger partial charge on any atom is -0.264 e. The van der Waals surface area contributed by atoms with Crippen LogP contribution in [0.2, 0.25) is 0 Å². The first kappa shape index (κ1) is 11.0. The summed E-state index contributed by atoms with van der Waals surface area (Å²) in [4.78, 5) is 13.6. The summed E-state index contributed by atoms with van der Waals surface area (Å²) in [5.74, 6) is 5.38. The van der Waals surface area contributed by atoms with Crippen molar-refractivity contribution in [3.63, 3.8) is 0 Å². The number of thioether (sulfide) groups is 1. The molecular weight excluding hydrogens is 176 g/mol. The molecule has 0 unspecified atom stereocenters. The Balaban J connectivity index is 4.00. The van der Waals surface area contributed by atoms with Crippen molar-refractivity contribution in [2.24, 2.45) is 4.99 Å². The van der Waals surface area contributed by atoms with Gasteiger partial charge in [-0.25, -0.2) is 0 Å². The molecule has 0 fully saturated rings. The van der Waals surface area contributed by atoms with Gasteiger partial charge in [0.05, 0.1) is 0 Å². The topological polar surface area (TPSA) is 55.5 Å². The van der Waals surface area contributed by atoms with Crippen LogP contribution in [0.5, 0.6) is 0 Å². The third-order valence-electron chi connectivity index (χ3n) is 1.01. The molecule has 66 valence electrons. The SMILES string of the molecule is CC#CCN=C(C[N+](=O)[O-])SC. The van der Waals surface area contributed by atoms with Gasteiger partial charge in [-0.1, -0.05) is 5.92 Å². The van der Waals surface area contributed by atoms with Gasteiger partial charge in [0.15, 0.2) is 0 Å². The fourth-order valence-electron chi connectivity index (χ4n) is 0.496. The Kier molecular flexibility index (Phi) is 6.11. The van der Waals surface area contributed by atoms with Crippen LogP contribution in [0.25, 0.3) is 0 Å². The van der Waals surface area contributed by atoms with Crippen LogP contribution < -0.4 is 0 Å². The molecule has 4 nitrogen and oxygen atoms in total. The predicted molar refractivity (Wildman–Crippen MR) is 51.1 cm³/mol. The third-order valence-corrected chi connectivity index (χ3v) is 1.74. The van der Waals surface area contributed by atoms with Crippen molar-refractivity contribution in [1.82, 2.24) is 0 Å². The Morgan fingerprint density at radius 1 is 1.75 bits per heavy atom. The lowest BCUT2D eigenvalue weighted by Crippen LogP contribution is -2.10. The summed E-state index contributed by atoms with van der Waals surface area (Å²) in [6.45, 7) is 1.86. The van der Waals surface area contributed by atoms with E-state index in [2.05, 4.69) is 16.8 Å². The zero-order chi connectivity index (χ0) is 9.40. The highest BCUT2D eigenvalue weighted by Crippen LogP contribution is 1.97. The smallest absolute Gasteiger partial charge is 0.251 e. The van der Waals surface area contributed by atoms with E-state index in [4.69, 9.17) is 0 Å². The molecule has 0 bridgehead atoms. The molecule has 0 heterocycles. The first-order chi connectivity index (χ1) is 5.70. The summed E-state index contributed by atoms with van der Waals surface area (Å²) in [5, 5.41) is 10.6. The molecular formula is C7H10N2O2S. The third kappa shape index (κ3) is 5.74. The second-order valence-corrected chi connectivity index (χ2v) is 2.71. The number of hydrogen-bond acceptors (Lipinski definition) is 4. The summed E-state index contributed by atoms with van der Waals surface area (Å²) in [5.41, 5.74) is 0. The van der Waals surface area contributed by atoms with Crippen LogP contribution in [-0.2, 0) is 0 Å². The number of aliphatic imine (C=N–C) groups is 1. The van der Waals surface area contributed by atoms with Gasteiger partial charge in [-0.3, -0.25) is 15.1 Å². The Bertz CT molecular complexity index is 240. The summed E-state index contributed by atoms with van der Waals surface area (Å²) in [6, 6.07) is 0. The van der Waals surface area contributed by atoms with Crippen LogP contribution in [0, 0.1) is 22.0 Å². The van der Waals surface area contributed by atoms with E-state index in [1.807, 2.05) is 0 Å². The molecule has 0 N–H and O–H groups in total. The number of hydrogen-bond donors (Lipinski definition) is 0. The predicted octanol–water partition coefficient (Wildman–Crippen LogP) is 1.05. The Morgan fingerprint density at radius 2 is 2.42 bits per heavy atom. The van der Waals surface area contributed by atoms with E-state index in [-0.39, 0.29) is 6.54 Å². The first-order valence-electron chi connectivity index (χ1n) is 3.29. The fraction of sp³-hybridized carbons (Fsp3) is 0.571. The molecule has 0 atom stereocenters. The van der Waals surface area contributed by atoms with Crippen molar-refractivity contribution in [1.29, 1.82) is 0 Å². The molecule has 0 aliphatic rings. The molecule has 0 aromatic heterocycles. The molecule has 0 saturated heterocycles. The molecule has 0 aromatic carbocycles. The van der Waals surface area contributed by atoms with Crippen molar-refractivity contribution in [3.05, 3.63) is 10.1 Å². The van der Waals surface area contributed by atoms with Crippen molar-refractivity contribution >= 4 is 16.8 Å². The molecule has 0 amide bonds. The average Bonchev–Trinajstić information content (AvgIpc) is 2.02. The molecule has 5 heteroatoms. The number of nitro groups is 1. The maximum atomic E-state index is 10.1. The van der Waals surface area contributed by atoms with Crippen LogP contribution in [0.1, 0.15) is 6.92 Å². The van der Waals surface area contributed by atoms with E-state index in [0.29, 0.717) is 11.6 Å². The first-order valence-corrected chi connectivity index (χ1v) is 4.52. The van der Waals surface area contributed by atoms with E-state index >= 15 is 0 Å².